The second-order valence-electron chi connectivity index (χ2n) is 7.60. The molecule has 0 aromatic rings. The molecule has 0 spiro atoms. The minimum atomic E-state index is -0.0638. The third kappa shape index (κ3) is 6.28. The zero-order valence-corrected chi connectivity index (χ0v) is 16.5. The Morgan fingerprint density at radius 1 is 1.00 bits per heavy atom. The molecule has 1 aliphatic carbocycles. The van der Waals surface area contributed by atoms with Gasteiger partial charge in [-0.05, 0) is 25.7 Å². The van der Waals surface area contributed by atoms with E-state index in [9.17, 15) is 9.59 Å². The molecule has 2 saturated heterocycles. The second kappa shape index (κ2) is 10.9. The summed E-state index contributed by atoms with van der Waals surface area (Å²) in [7, 11) is 0. The first-order valence-electron chi connectivity index (χ1n) is 9.98. The standard InChI is InChI=1S/C18H33N5O2.ClH/c24-17(20-9-13-22-11-7-19-8-12-22)15-4-3-10-23(14-15)18(25)21-16-5-1-2-6-16;/h15-16,19H,1-14H2,(H,20,24)(H,21,25);1H. The van der Waals surface area contributed by atoms with E-state index in [0.717, 1.165) is 65.0 Å². The van der Waals surface area contributed by atoms with E-state index in [0.29, 0.717) is 19.1 Å². The molecule has 2 heterocycles. The van der Waals surface area contributed by atoms with Crippen molar-refractivity contribution in [3.8, 4) is 0 Å². The van der Waals surface area contributed by atoms with Crippen LogP contribution in [0.15, 0.2) is 0 Å². The SMILES string of the molecule is Cl.O=C(NCCN1CCNCC1)C1CCCN(C(=O)NC2CCCC2)C1. The Hall–Kier alpha value is -1.05. The van der Waals surface area contributed by atoms with E-state index < -0.39 is 0 Å². The number of urea groups is 1. The van der Waals surface area contributed by atoms with Crippen molar-refractivity contribution in [1.82, 2.24) is 25.8 Å². The van der Waals surface area contributed by atoms with Gasteiger partial charge in [0.05, 0.1) is 5.92 Å². The molecule has 1 unspecified atom stereocenters. The summed E-state index contributed by atoms with van der Waals surface area (Å²) in [5, 5.41) is 9.54. The lowest BCUT2D eigenvalue weighted by atomic mass is 9.97. The lowest BCUT2D eigenvalue weighted by Crippen LogP contribution is -2.51. The third-order valence-electron chi connectivity index (χ3n) is 5.70. The summed E-state index contributed by atoms with van der Waals surface area (Å²) in [5.74, 6) is 0.0413. The molecule has 3 rings (SSSR count). The number of likely N-dealkylation sites (tertiary alicyclic amines) is 1. The number of rotatable bonds is 5. The van der Waals surface area contributed by atoms with Crippen molar-refractivity contribution in [3.05, 3.63) is 0 Å². The molecule has 1 saturated carbocycles. The van der Waals surface area contributed by atoms with Crippen molar-refractivity contribution in [2.24, 2.45) is 5.92 Å². The van der Waals surface area contributed by atoms with Gasteiger partial charge in [0, 0.05) is 58.4 Å². The van der Waals surface area contributed by atoms with E-state index in [1.54, 1.807) is 0 Å². The lowest BCUT2D eigenvalue weighted by molar-refractivity contribution is -0.126. The molecule has 3 N–H and O–H groups in total. The van der Waals surface area contributed by atoms with Crippen LogP contribution >= 0.6 is 12.4 Å². The molecule has 26 heavy (non-hydrogen) atoms. The van der Waals surface area contributed by atoms with E-state index in [4.69, 9.17) is 0 Å². The van der Waals surface area contributed by atoms with Crippen LogP contribution in [-0.4, -0.2) is 80.1 Å². The fourth-order valence-electron chi connectivity index (χ4n) is 4.13. The highest BCUT2D eigenvalue weighted by atomic mass is 35.5. The average Bonchev–Trinajstić information content (AvgIpc) is 3.15. The summed E-state index contributed by atoms with van der Waals surface area (Å²) in [4.78, 5) is 29.1. The Balaban J connectivity index is 0.00000243. The number of nitrogens with one attached hydrogen (secondary N) is 3. The summed E-state index contributed by atoms with van der Waals surface area (Å²) in [6.07, 6.45) is 6.40. The Bertz CT molecular complexity index is 453. The fourth-order valence-corrected chi connectivity index (χ4v) is 4.13. The van der Waals surface area contributed by atoms with Crippen LogP contribution in [0.2, 0.25) is 0 Å². The molecule has 3 amide bonds. The Morgan fingerprint density at radius 2 is 1.73 bits per heavy atom. The highest BCUT2D eigenvalue weighted by molar-refractivity contribution is 5.85. The van der Waals surface area contributed by atoms with Gasteiger partial charge in [0.1, 0.15) is 0 Å². The molecular formula is C18H34ClN5O2. The summed E-state index contributed by atoms with van der Waals surface area (Å²) < 4.78 is 0. The summed E-state index contributed by atoms with van der Waals surface area (Å²) in [6.45, 7) is 7.09. The van der Waals surface area contributed by atoms with Gasteiger partial charge in [-0.2, -0.15) is 0 Å². The van der Waals surface area contributed by atoms with Crippen molar-refractivity contribution in [2.75, 3.05) is 52.4 Å². The van der Waals surface area contributed by atoms with E-state index in [1.165, 1.54) is 12.8 Å². The van der Waals surface area contributed by atoms with Gasteiger partial charge < -0.3 is 20.9 Å². The van der Waals surface area contributed by atoms with Crippen LogP contribution in [0.4, 0.5) is 4.79 Å². The molecule has 3 fully saturated rings. The molecule has 3 aliphatic rings. The quantitative estimate of drug-likeness (QED) is 0.652. The van der Waals surface area contributed by atoms with E-state index >= 15 is 0 Å². The van der Waals surface area contributed by atoms with Crippen molar-refractivity contribution in [1.29, 1.82) is 0 Å². The van der Waals surface area contributed by atoms with Gasteiger partial charge >= 0.3 is 6.03 Å². The molecular weight excluding hydrogens is 354 g/mol. The summed E-state index contributed by atoms with van der Waals surface area (Å²) >= 11 is 0. The molecule has 7 nitrogen and oxygen atoms in total. The van der Waals surface area contributed by atoms with Gasteiger partial charge in [-0.1, -0.05) is 12.8 Å². The monoisotopic (exact) mass is 387 g/mol. The van der Waals surface area contributed by atoms with E-state index in [1.807, 2.05) is 4.90 Å². The normalized spacial score (nSPS) is 24.8. The molecule has 8 heteroatoms. The van der Waals surface area contributed by atoms with E-state index in [2.05, 4.69) is 20.9 Å². The Labute approximate surface area is 163 Å². The number of carbonyl (C=O) groups excluding carboxylic acids is 2. The largest absolute Gasteiger partial charge is 0.355 e. The minimum Gasteiger partial charge on any atom is -0.355 e. The zero-order valence-electron chi connectivity index (χ0n) is 15.7. The number of carbonyl (C=O) groups is 2. The number of halogens is 1. The highest BCUT2D eigenvalue weighted by Gasteiger charge is 2.29. The predicted molar refractivity (Wildman–Crippen MR) is 105 cm³/mol. The smallest absolute Gasteiger partial charge is 0.317 e. The molecule has 1 atom stereocenters. The average molecular weight is 388 g/mol. The van der Waals surface area contributed by atoms with Gasteiger partial charge in [0.15, 0.2) is 0 Å². The maximum Gasteiger partial charge on any atom is 0.317 e. The summed E-state index contributed by atoms with van der Waals surface area (Å²) in [5.41, 5.74) is 0. The predicted octanol–water partition coefficient (Wildman–Crippen LogP) is 0.794. The first kappa shape index (κ1) is 21.3. The number of nitrogens with zero attached hydrogens (tertiary/aromatic N) is 2. The number of amides is 3. The first-order valence-corrected chi connectivity index (χ1v) is 9.98. The van der Waals surface area contributed by atoms with Crippen molar-refractivity contribution >= 4 is 24.3 Å². The van der Waals surface area contributed by atoms with Gasteiger partial charge in [0.2, 0.25) is 5.91 Å². The van der Waals surface area contributed by atoms with Crippen LogP contribution in [0.25, 0.3) is 0 Å². The van der Waals surface area contributed by atoms with Crippen molar-refractivity contribution in [3.63, 3.8) is 0 Å². The lowest BCUT2D eigenvalue weighted by Gasteiger charge is -2.33. The minimum absolute atomic E-state index is 0. The van der Waals surface area contributed by atoms with Crippen molar-refractivity contribution in [2.45, 2.75) is 44.6 Å². The van der Waals surface area contributed by atoms with Crippen LogP contribution < -0.4 is 16.0 Å². The maximum atomic E-state index is 12.5. The van der Waals surface area contributed by atoms with Gasteiger partial charge in [-0.3, -0.25) is 9.69 Å². The van der Waals surface area contributed by atoms with Crippen LogP contribution in [-0.2, 0) is 4.79 Å². The van der Waals surface area contributed by atoms with Gasteiger partial charge in [0.25, 0.3) is 0 Å². The van der Waals surface area contributed by atoms with Crippen LogP contribution in [0, 0.1) is 5.92 Å². The number of hydrogen-bond acceptors (Lipinski definition) is 4. The van der Waals surface area contributed by atoms with Crippen molar-refractivity contribution < 1.29 is 9.59 Å². The maximum absolute atomic E-state index is 12.5. The molecule has 0 bridgehead atoms. The van der Waals surface area contributed by atoms with Gasteiger partial charge in [-0.15, -0.1) is 12.4 Å². The van der Waals surface area contributed by atoms with Crippen LogP contribution in [0.5, 0.6) is 0 Å². The first-order chi connectivity index (χ1) is 12.2. The highest BCUT2D eigenvalue weighted by Crippen LogP contribution is 2.20. The molecule has 2 aliphatic heterocycles. The summed E-state index contributed by atoms with van der Waals surface area (Å²) in [6, 6.07) is 0.353. The fraction of sp³-hybridized carbons (Fsp3) is 0.889. The van der Waals surface area contributed by atoms with Crippen LogP contribution in [0.3, 0.4) is 0 Å². The van der Waals surface area contributed by atoms with E-state index in [-0.39, 0.29) is 30.3 Å². The number of piperidine rings is 1. The third-order valence-corrected chi connectivity index (χ3v) is 5.70. The number of piperazine rings is 1. The molecule has 0 radical (unpaired) electrons. The molecule has 0 aromatic carbocycles. The zero-order chi connectivity index (χ0) is 17.5. The molecule has 150 valence electrons. The molecule has 0 aromatic heterocycles. The van der Waals surface area contributed by atoms with Gasteiger partial charge in [-0.25, -0.2) is 4.79 Å². The van der Waals surface area contributed by atoms with Crippen LogP contribution in [0.1, 0.15) is 38.5 Å². The number of hydrogen-bond donors (Lipinski definition) is 3. The Morgan fingerprint density at radius 3 is 2.46 bits per heavy atom. The Kier molecular flexibility index (Phi) is 8.95. The second-order valence-corrected chi connectivity index (χ2v) is 7.60. The topological polar surface area (TPSA) is 76.7 Å².